The summed E-state index contributed by atoms with van der Waals surface area (Å²) in [6, 6.07) is 2.80. The summed E-state index contributed by atoms with van der Waals surface area (Å²) in [5.41, 5.74) is 0. The van der Waals surface area contributed by atoms with Crippen LogP contribution in [0.25, 0.3) is 10.1 Å². The predicted molar refractivity (Wildman–Crippen MR) is 85.4 cm³/mol. The van der Waals surface area contributed by atoms with Crippen LogP contribution in [0.3, 0.4) is 0 Å². The molecular weight excluding hydrogens is 347 g/mol. The maximum absolute atomic E-state index is 14.4. The molecule has 0 fully saturated rings. The van der Waals surface area contributed by atoms with Crippen LogP contribution in [0.2, 0.25) is 0 Å². The van der Waals surface area contributed by atoms with E-state index in [-0.39, 0.29) is 21.8 Å². The number of aliphatic carboxylic acids is 1. The standard InChI is InChI=1S/C14H13FO6S2/c1-20-8-4-9-6(11(15)12(8)21-2)3-10(23-9)7(16)5-14(19,22)13(17)18/h3-4,19,22H,5H2,1-2H3,(H,17,18). The first-order chi connectivity index (χ1) is 10.7. The van der Waals surface area contributed by atoms with Gasteiger partial charge in [-0.15, -0.1) is 24.0 Å². The molecule has 2 aromatic rings. The third-order valence-corrected chi connectivity index (χ3v) is 4.60. The van der Waals surface area contributed by atoms with E-state index in [2.05, 4.69) is 12.6 Å². The van der Waals surface area contributed by atoms with Gasteiger partial charge in [0.25, 0.3) is 0 Å². The zero-order chi connectivity index (χ0) is 17.4. The van der Waals surface area contributed by atoms with Crippen molar-refractivity contribution < 1.29 is 33.7 Å². The number of carbonyl (C=O) groups is 2. The zero-order valence-corrected chi connectivity index (χ0v) is 13.8. The number of thiol groups is 1. The molecule has 0 radical (unpaired) electrons. The molecule has 9 heteroatoms. The number of aliphatic hydroxyl groups is 1. The quantitative estimate of drug-likeness (QED) is 0.416. The molecule has 2 N–H and O–H groups in total. The molecule has 0 saturated heterocycles. The molecule has 2 rings (SSSR count). The van der Waals surface area contributed by atoms with Gasteiger partial charge in [0, 0.05) is 16.2 Å². The number of ketones is 1. The highest BCUT2D eigenvalue weighted by atomic mass is 32.1. The van der Waals surface area contributed by atoms with Gasteiger partial charge in [-0.3, -0.25) is 4.79 Å². The van der Waals surface area contributed by atoms with Gasteiger partial charge in [-0.05, 0) is 6.07 Å². The molecule has 23 heavy (non-hydrogen) atoms. The van der Waals surface area contributed by atoms with Crippen LogP contribution < -0.4 is 9.47 Å². The fourth-order valence-corrected chi connectivity index (χ4v) is 3.13. The van der Waals surface area contributed by atoms with Crippen molar-refractivity contribution >= 4 is 45.8 Å². The molecule has 0 saturated carbocycles. The SMILES string of the molecule is COc1cc2sc(C(=O)CC(O)(S)C(=O)O)cc2c(F)c1OC. The Kier molecular flexibility index (Phi) is 4.83. The minimum absolute atomic E-state index is 0.0898. The predicted octanol–water partition coefficient (Wildman–Crippen LogP) is 2.33. The van der Waals surface area contributed by atoms with Crippen molar-refractivity contribution in [3.05, 3.63) is 22.8 Å². The average molecular weight is 360 g/mol. The van der Waals surface area contributed by atoms with Crippen LogP contribution in [0.4, 0.5) is 4.39 Å². The van der Waals surface area contributed by atoms with E-state index in [0.717, 1.165) is 11.3 Å². The smallest absolute Gasteiger partial charge is 0.346 e. The van der Waals surface area contributed by atoms with Crippen LogP contribution in [0.5, 0.6) is 11.5 Å². The number of methoxy groups -OCH3 is 2. The Morgan fingerprint density at radius 1 is 1.35 bits per heavy atom. The number of carboxylic acid groups (broad SMARTS) is 1. The second-order valence-electron chi connectivity index (χ2n) is 4.67. The molecule has 0 amide bonds. The fourth-order valence-electron chi connectivity index (χ4n) is 1.96. The Balaban J connectivity index is 2.46. The van der Waals surface area contributed by atoms with E-state index in [0.29, 0.717) is 4.70 Å². The summed E-state index contributed by atoms with van der Waals surface area (Å²) in [7, 11) is 2.65. The molecule has 1 unspecified atom stereocenters. The van der Waals surface area contributed by atoms with Gasteiger partial charge >= 0.3 is 5.97 Å². The van der Waals surface area contributed by atoms with Gasteiger partial charge in [0.15, 0.2) is 23.1 Å². The number of carboxylic acids is 1. The van der Waals surface area contributed by atoms with E-state index < -0.39 is 28.9 Å². The van der Waals surface area contributed by atoms with Gasteiger partial charge in [-0.25, -0.2) is 9.18 Å². The van der Waals surface area contributed by atoms with Crippen molar-refractivity contribution in [2.75, 3.05) is 14.2 Å². The van der Waals surface area contributed by atoms with E-state index in [1.54, 1.807) is 0 Å². The minimum atomic E-state index is -2.48. The highest BCUT2D eigenvalue weighted by molar-refractivity contribution is 7.82. The number of halogens is 1. The summed E-state index contributed by atoms with van der Waals surface area (Å²) < 4.78 is 24.8. The molecule has 0 spiro atoms. The molecule has 0 bridgehead atoms. The monoisotopic (exact) mass is 360 g/mol. The maximum Gasteiger partial charge on any atom is 0.346 e. The molecular formula is C14H13FO6S2. The first-order valence-corrected chi connectivity index (χ1v) is 7.53. The summed E-state index contributed by atoms with van der Waals surface area (Å²) in [6.07, 6.45) is -0.742. The van der Waals surface area contributed by atoms with Crippen LogP contribution in [0, 0.1) is 5.82 Å². The lowest BCUT2D eigenvalue weighted by Crippen LogP contribution is -2.34. The normalized spacial score (nSPS) is 13.6. The van der Waals surface area contributed by atoms with Crippen molar-refractivity contribution in [2.45, 2.75) is 11.4 Å². The van der Waals surface area contributed by atoms with Crippen LogP contribution >= 0.6 is 24.0 Å². The van der Waals surface area contributed by atoms with Crippen molar-refractivity contribution in [3.63, 3.8) is 0 Å². The number of benzene rings is 1. The number of thiophene rings is 1. The number of rotatable bonds is 6. The first-order valence-electron chi connectivity index (χ1n) is 6.26. The van der Waals surface area contributed by atoms with E-state index in [9.17, 15) is 19.1 Å². The van der Waals surface area contributed by atoms with E-state index in [1.165, 1.54) is 26.4 Å². The van der Waals surface area contributed by atoms with Gasteiger partial charge in [0.1, 0.15) is 0 Å². The van der Waals surface area contributed by atoms with Crippen molar-refractivity contribution in [1.82, 2.24) is 0 Å². The van der Waals surface area contributed by atoms with Crippen LogP contribution in [-0.4, -0.2) is 41.1 Å². The Hall–Kier alpha value is -1.84. The second-order valence-corrected chi connectivity index (χ2v) is 6.49. The van der Waals surface area contributed by atoms with Gasteiger partial charge in [-0.1, -0.05) is 0 Å². The Morgan fingerprint density at radius 2 is 2.00 bits per heavy atom. The highest BCUT2D eigenvalue weighted by Crippen LogP contribution is 2.40. The number of ether oxygens (including phenoxy) is 2. The Morgan fingerprint density at radius 3 is 2.52 bits per heavy atom. The summed E-state index contributed by atoms with van der Waals surface area (Å²) in [6.45, 7) is 0. The van der Waals surface area contributed by atoms with Crippen molar-refractivity contribution in [1.29, 1.82) is 0 Å². The van der Waals surface area contributed by atoms with Crippen LogP contribution in [0.15, 0.2) is 12.1 Å². The van der Waals surface area contributed by atoms with E-state index in [1.807, 2.05) is 0 Å². The molecule has 1 aromatic heterocycles. The first kappa shape index (κ1) is 17.5. The lowest BCUT2D eigenvalue weighted by Gasteiger charge is -2.14. The van der Waals surface area contributed by atoms with Gasteiger partial charge in [0.05, 0.1) is 25.5 Å². The number of fused-ring (bicyclic) bond motifs is 1. The summed E-state index contributed by atoms with van der Waals surface area (Å²) in [4.78, 5) is 20.5. The third kappa shape index (κ3) is 3.26. The van der Waals surface area contributed by atoms with E-state index >= 15 is 0 Å². The van der Waals surface area contributed by atoms with Crippen LogP contribution in [0.1, 0.15) is 16.1 Å². The topological polar surface area (TPSA) is 93.1 Å². The van der Waals surface area contributed by atoms with Gasteiger partial charge in [0.2, 0.25) is 4.93 Å². The fraction of sp³-hybridized carbons (Fsp3) is 0.286. The van der Waals surface area contributed by atoms with Crippen molar-refractivity contribution in [3.8, 4) is 11.5 Å². The van der Waals surface area contributed by atoms with Gasteiger partial charge in [-0.2, -0.15) is 0 Å². The molecule has 6 nitrogen and oxygen atoms in total. The number of Topliss-reactive ketones (excluding diaryl/α,β-unsaturated/α-hetero) is 1. The third-order valence-electron chi connectivity index (χ3n) is 3.13. The zero-order valence-electron chi connectivity index (χ0n) is 12.1. The van der Waals surface area contributed by atoms with E-state index in [4.69, 9.17) is 14.6 Å². The minimum Gasteiger partial charge on any atom is -0.493 e. The summed E-state index contributed by atoms with van der Waals surface area (Å²) >= 11 is 4.50. The molecule has 0 aliphatic rings. The second kappa shape index (κ2) is 6.34. The Labute approximate surface area is 139 Å². The molecule has 1 aromatic carbocycles. The molecule has 0 aliphatic heterocycles. The largest absolute Gasteiger partial charge is 0.493 e. The Bertz CT molecular complexity index is 783. The lowest BCUT2D eigenvalue weighted by atomic mass is 10.1. The molecule has 124 valence electrons. The van der Waals surface area contributed by atoms with Crippen LogP contribution in [-0.2, 0) is 4.79 Å². The number of hydrogen-bond acceptors (Lipinski definition) is 7. The molecule has 0 aliphatic carbocycles. The van der Waals surface area contributed by atoms with Gasteiger partial charge < -0.3 is 19.7 Å². The lowest BCUT2D eigenvalue weighted by molar-refractivity contribution is -0.149. The molecule has 1 atom stereocenters. The summed E-state index contributed by atoms with van der Waals surface area (Å²) in [5, 5.41) is 18.5. The average Bonchev–Trinajstić information content (AvgIpc) is 2.90. The van der Waals surface area contributed by atoms with Crippen molar-refractivity contribution in [2.24, 2.45) is 0 Å². The molecule has 1 heterocycles. The number of carbonyl (C=O) groups excluding carboxylic acids is 1. The maximum atomic E-state index is 14.4. The highest BCUT2D eigenvalue weighted by Gasteiger charge is 2.35. The number of hydrogen-bond donors (Lipinski definition) is 3. The summed E-state index contributed by atoms with van der Waals surface area (Å²) in [5.74, 6) is -2.90.